The minimum atomic E-state index is -3.53. The van der Waals surface area contributed by atoms with Crippen molar-refractivity contribution in [2.24, 2.45) is 11.1 Å². The molecule has 1 saturated heterocycles. The highest BCUT2D eigenvalue weighted by Gasteiger charge is 2.28. The third-order valence-corrected chi connectivity index (χ3v) is 5.29. The van der Waals surface area contributed by atoms with Gasteiger partial charge in [0, 0.05) is 25.9 Å². The van der Waals surface area contributed by atoms with Crippen molar-refractivity contribution < 1.29 is 13.2 Å². The van der Waals surface area contributed by atoms with Crippen LogP contribution in [0.25, 0.3) is 11.0 Å². The van der Waals surface area contributed by atoms with E-state index < -0.39 is 10.0 Å². The van der Waals surface area contributed by atoms with E-state index in [2.05, 4.69) is 9.97 Å². The number of nitrogens with one attached hydrogen (secondary N) is 1. The molecule has 3 N–H and O–H groups in total. The Kier molecular flexibility index (Phi) is 4.87. The zero-order valence-electron chi connectivity index (χ0n) is 13.6. The van der Waals surface area contributed by atoms with Gasteiger partial charge < -0.3 is 9.88 Å². The van der Waals surface area contributed by atoms with Gasteiger partial charge in [-0.3, -0.25) is 9.59 Å². The molecule has 0 bridgehead atoms. The van der Waals surface area contributed by atoms with Crippen LogP contribution in [0.5, 0.6) is 0 Å². The average molecular weight is 364 g/mol. The number of primary sulfonamides is 1. The number of H-pyrrole nitrogens is 1. The van der Waals surface area contributed by atoms with Crippen molar-refractivity contribution in [3.8, 4) is 0 Å². The van der Waals surface area contributed by atoms with Crippen LogP contribution < -0.4 is 10.7 Å². The van der Waals surface area contributed by atoms with Gasteiger partial charge in [0.25, 0.3) is 5.56 Å². The van der Waals surface area contributed by atoms with Crippen LogP contribution in [0.1, 0.15) is 18.5 Å². The number of aryl methyl sites for hydroxylation is 1. The van der Waals surface area contributed by atoms with Crippen molar-refractivity contribution in [3.63, 3.8) is 0 Å². The number of aromatic nitrogens is 2. The molecule has 0 unspecified atom stereocenters. The number of likely N-dealkylation sites (tertiary alicyclic amines) is 1. The van der Waals surface area contributed by atoms with Gasteiger partial charge >= 0.3 is 0 Å². The molecule has 1 amide bonds. The van der Waals surface area contributed by atoms with E-state index in [1.807, 2.05) is 12.1 Å². The van der Waals surface area contributed by atoms with Gasteiger partial charge in [0.2, 0.25) is 15.9 Å². The Morgan fingerprint density at radius 1 is 1.36 bits per heavy atom. The predicted octanol–water partition coefficient (Wildman–Crippen LogP) is -0.00730. The lowest BCUT2D eigenvalue weighted by atomic mass is 10.2. The molecule has 1 fully saturated rings. The maximum atomic E-state index is 12.3. The summed E-state index contributed by atoms with van der Waals surface area (Å²) in [5, 5.41) is 5.06. The van der Waals surface area contributed by atoms with Gasteiger partial charge in [-0.05, 0) is 24.5 Å². The van der Waals surface area contributed by atoms with Crippen molar-refractivity contribution in [1.29, 1.82) is 0 Å². The van der Waals surface area contributed by atoms with Crippen LogP contribution in [-0.4, -0.2) is 48.0 Å². The molecule has 0 spiro atoms. The molecule has 1 atom stereocenters. The van der Waals surface area contributed by atoms with Crippen LogP contribution in [0.2, 0.25) is 0 Å². The summed E-state index contributed by atoms with van der Waals surface area (Å²) >= 11 is 0. The lowest BCUT2D eigenvalue weighted by molar-refractivity contribution is -0.130. The van der Waals surface area contributed by atoms with Crippen LogP contribution in [0.4, 0.5) is 0 Å². The summed E-state index contributed by atoms with van der Waals surface area (Å²) < 4.78 is 22.3. The summed E-state index contributed by atoms with van der Waals surface area (Å²) in [5.41, 5.74) is 1.37. The number of aromatic amines is 1. The summed E-state index contributed by atoms with van der Waals surface area (Å²) in [6, 6.07) is 7.22. The number of sulfonamides is 1. The highest BCUT2D eigenvalue weighted by atomic mass is 32.2. The first-order chi connectivity index (χ1) is 11.8. The Morgan fingerprint density at radius 2 is 2.12 bits per heavy atom. The average Bonchev–Trinajstić information content (AvgIpc) is 2.99. The second-order valence-corrected chi connectivity index (χ2v) is 8.01. The van der Waals surface area contributed by atoms with E-state index in [9.17, 15) is 18.0 Å². The summed E-state index contributed by atoms with van der Waals surface area (Å²) in [5.74, 6) is -0.338. The van der Waals surface area contributed by atoms with Gasteiger partial charge in [-0.1, -0.05) is 12.1 Å². The molecule has 1 aromatic carbocycles. The van der Waals surface area contributed by atoms with Gasteiger partial charge in [-0.15, -0.1) is 0 Å². The minimum Gasteiger partial charge on any atom is -0.342 e. The molecule has 1 aromatic heterocycles. The lowest BCUT2D eigenvalue weighted by Gasteiger charge is -2.16. The molecule has 8 nitrogen and oxygen atoms in total. The Hall–Kier alpha value is -2.26. The topological polar surface area (TPSA) is 126 Å². The number of nitrogens with zero attached hydrogens (tertiary/aromatic N) is 2. The fourth-order valence-electron chi connectivity index (χ4n) is 3.14. The minimum absolute atomic E-state index is 0.105. The third kappa shape index (κ3) is 4.43. The first-order valence-corrected chi connectivity index (χ1v) is 9.79. The fraction of sp³-hybridized carbons (Fsp3) is 0.438. The number of hydrogen-bond acceptors (Lipinski definition) is 5. The molecule has 25 heavy (non-hydrogen) atoms. The summed E-state index contributed by atoms with van der Waals surface area (Å²) in [6.07, 6.45) is 1.03. The van der Waals surface area contributed by atoms with Gasteiger partial charge in [0.1, 0.15) is 5.69 Å². The standard InChI is InChI=1S/C16H20N4O4S/c17-25(23,24)10-11-7-8-20(9-11)15(21)6-5-14-16(22)19-13-4-2-1-3-12(13)18-14/h1-4,11H,5-10H2,(H,19,22)(H2,17,23,24)/t11-/m1/s1. The SMILES string of the molecule is NS(=O)(=O)C[C@@H]1CCN(C(=O)CCc2nc3ccccc3[nH]c2=O)C1. The zero-order valence-corrected chi connectivity index (χ0v) is 14.5. The molecular weight excluding hydrogens is 344 g/mol. The van der Waals surface area contributed by atoms with Gasteiger partial charge in [0.15, 0.2) is 0 Å². The number of benzene rings is 1. The second-order valence-electron chi connectivity index (χ2n) is 6.35. The van der Waals surface area contributed by atoms with Crippen LogP contribution in [0, 0.1) is 5.92 Å². The van der Waals surface area contributed by atoms with E-state index in [0.29, 0.717) is 36.2 Å². The van der Waals surface area contributed by atoms with E-state index in [1.54, 1.807) is 17.0 Å². The number of amides is 1. The van der Waals surface area contributed by atoms with Gasteiger partial charge in [-0.25, -0.2) is 18.5 Å². The third-order valence-electron chi connectivity index (χ3n) is 4.35. The Bertz CT molecular complexity index is 954. The second kappa shape index (κ2) is 6.93. The molecule has 9 heteroatoms. The monoisotopic (exact) mass is 364 g/mol. The van der Waals surface area contributed by atoms with Crippen molar-refractivity contribution in [2.75, 3.05) is 18.8 Å². The zero-order chi connectivity index (χ0) is 18.0. The normalized spacial score (nSPS) is 18.0. The lowest BCUT2D eigenvalue weighted by Crippen LogP contribution is -2.31. The number of nitrogens with two attached hydrogens (primary N) is 1. The number of hydrogen-bond donors (Lipinski definition) is 2. The van der Waals surface area contributed by atoms with Crippen LogP contribution in [-0.2, 0) is 21.2 Å². The van der Waals surface area contributed by atoms with Crippen molar-refractivity contribution >= 4 is 27.0 Å². The molecule has 2 heterocycles. The quantitative estimate of drug-likeness (QED) is 0.772. The fourth-order valence-corrected chi connectivity index (χ4v) is 4.07. The Morgan fingerprint density at radius 3 is 2.88 bits per heavy atom. The van der Waals surface area contributed by atoms with Crippen molar-refractivity contribution in [2.45, 2.75) is 19.3 Å². The highest BCUT2D eigenvalue weighted by molar-refractivity contribution is 7.89. The maximum Gasteiger partial charge on any atom is 0.270 e. The molecule has 1 aliphatic rings. The molecule has 3 rings (SSSR count). The first kappa shape index (κ1) is 17.6. The van der Waals surface area contributed by atoms with Crippen LogP contribution in [0.15, 0.2) is 29.1 Å². The van der Waals surface area contributed by atoms with E-state index in [1.165, 1.54) is 0 Å². The number of para-hydroxylation sites is 2. The van der Waals surface area contributed by atoms with Gasteiger partial charge in [0.05, 0.1) is 16.8 Å². The number of rotatable bonds is 5. The summed E-state index contributed by atoms with van der Waals surface area (Å²) in [7, 11) is -3.53. The smallest absolute Gasteiger partial charge is 0.270 e. The molecule has 0 aliphatic carbocycles. The number of carbonyl (C=O) groups excluding carboxylic acids is 1. The molecule has 0 radical (unpaired) electrons. The molecule has 134 valence electrons. The van der Waals surface area contributed by atoms with E-state index >= 15 is 0 Å². The molecular formula is C16H20N4O4S. The predicted molar refractivity (Wildman–Crippen MR) is 93.3 cm³/mol. The van der Waals surface area contributed by atoms with E-state index in [0.717, 1.165) is 0 Å². The number of carbonyl (C=O) groups is 1. The van der Waals surface area contributed by atoms with Crippen LogP contribution >= 0.6 is 0 Å². The largest absolute Gasteiger partial charge is 0.342 e. The van der Waals surface area contributed by atoms with Crippen molar-refractivity contribution in [3.05, 3.63) is 40.3 Å². The maximum absolute atomic E-state index is 12.3. The van der Waals surface area contributed by atoms with Gasteiger partial charge in [-0.2, -0.15) is 0 Å². The summed E-state index contributed by atoms with van der Waals surface area (Å²) in [4.78, 5) is 33.1. The van der Waals surface area contributed by atoms with Crippen LogP contribution in [0.3, 0.4) is 0 Å². The van der Waals surface area contributed by atoms with E-state index in [-0.39, 0.29) is 36.0 Å². The molecule has 2 aromatic rings. The molecule has 0 saturated carbocycles. The summed E-state index contributed by atoms with van der Waals surface area (Å²) in [6.45, 7) is 0.900. The van der Waals surface area contributed by atoms with Crippen molar-refractivity contribution in [1.82, 2.24) is 14.9 Å². The van der Waals surface area contributed by atoms with E-state index in [4.69, 9.17) is 5.14 Å². The highest BCUT2D eigenvalue weighted by Crippen LogP contribution is 2.18. The Labute approximate surface area is 145 Å². The Balaban J connectivity index is 1.61. The number of fused-ring (bicyclic) bond motifs is 1. The first-order valence-electron chi connectivity index (χ1n) is 8.08. The molecule has 1 aliphatic heterocycles.